The first kappa shape index (κ1) is 16.6. The second kappa shape index (κ2) is 6.57. The van der Waals surface area contributed by atoms with Crippen LogP contribution in [0, 0.1) is 0 Å². The predicted molar refractivity (Wildman–Crippen MR) is 76.8 cm³/mol. The van der Waals surface area contributed by atoms with Crippen molar-refractivity contribution in [2.45, 2.75) is 23.2 Å². The number of aromatic nitrogens is 3. The minimum atomic E-state index is -4.64. The Hall–Kier alpha value is -1.74. The van der Waals surface area contributed by atoms with Crippen LogP contribution in [0.25, 0.3) is 0 Å². The summed E-state index contributed by atoms with van der Waals surface area (Å²) in [6.07, 6.45) is -4.64. The van der Waals surface area contributed by atoms with E-state index >= 15 is 0 Å². The average Bonchev–Trinajstić information content (AvgIpc) is 2.90. The average molecular weight is 351 g/mol. The number of anilines is 1. The third kappa shape index (κ3) is 4.38. The molecule has 1 heterocycles. The third-order valence-corrected chi connectivity index (χ3v) is 3.85. The van der Waals surface area contributed by atoms with E-state index in [-0.39, 0.29) is 0 Å². The van der Waals surface area contributed by atoms with Crippen LogP contribution in [0.2, 0.25) is 5.02 Å². The van der Waals surface area contributed by atoms with Gasteiger partial charge in [0.05, 0.1) is 5.25 Å². The molecule has 0 radical (unpaired) electrons. The maximum atomic E-state index is 12.4. The quantitative estimate of drug-likeness (QED) is 0.827. The van der Waals surface area contributed by atoms with Crippen molar-refractivity contribution in [3.05, 3.63) is 35.1 Å². The van der Waals surface area contributed by atoms with Gasteiger partial charge in [0, 0.05) is 9.92 Å². The SMILES string of the molecule is CC(Sc1ccc(Cl)cc1)C(=O)Nc1n[nH]c(C(F)(F)F)n1. The maximum Gasteiger partial charge on any atom is 0.451 e. The molecule has 2 aromatic rings. The van der Waals surface area contributed by atoms with E-state index in [0.29, 0.717) is 5.02 Å². The summed E-state index contributed by atoms with van der Waals surface area (Å²) >= 11 is 6.99. The molecule has 0 saturated heterocycles. The number of hydrogen-bond acceptors (Lipinski definition) is 4. The molecule has 0 aliphatic carbocycles. The fourth-order valence-corrected chi connectivity index (χ4v) is 2.42. The summed E-state index contributed by atoms with van der Waals surface area (Å²) in [5, 5.41) is 7.28. The van der Waals surface area contributed by atoms with E-state index in [1.165, 1.54) is 11.8 Å². The summed E-state index contributed by atoms with van der Waals surface area (Å²) in [5.74, 6) is -2.19. The van der Waals surface area contributed by atoms with E-state index < -0.39 is 29.1 Å². The number of rotatable bonds is 4. The van der Waals surface area contributed by atoms with Gasteiger partial charge in [0.1, 0.15) is 0 Å². The Kier molecular flexibility index (Phi) is 4.97. The first-order chi connectivity index (χ1) is 10.3. The van der Waals surface area contributed by atoms with Gasteiger partial charge in [-0.25, -0.2) is 0 Å². The standard InChI is InChI=1S/C12H10ClF3N4OS/c1-6(22-8-4-2-7(13)3-5-8)9(21)17-11-18-10(19-20-11)12(14,15)16/h2-6H,1H3,(H2,17,18,19,20,21). The van der Waals surface area contributed by atoms with Crippen LogP contribution in [0.5, 0.6) is 0 Å². The third-order valence-electron chi connectivity index (χ3n) is 2.48. The lowest BCUT2D eigenvalue weighted by Crippen LogP contribution is -2.23. The first-order valence-corrected chi connectivity index (χ1v) is 7.24. The van der Waals surface area contributed by atoms with Crippen molar-refractivity contribution in [1.82, 2.24) is 15.2 Å². The number of halogens is 4. The zero-order valence-corrected chi connectivity index (χ0v) is 12.7. The van der Waals surface area contributed by atoms with Crippen LogP contribution in [0.15, 0.2) is 29.2 Å². The molecule has 22 heavy (non-hydrogen) atoms. The van der Waals surface area contributed by atoms with Crippen molar-refractivity contribution in [3.8, 4) is 0 Å². The number of thioether (sulfide) groups is 1. The van der Waals surface area contributed by atoms with E-state index in [1.54, 1.807) is 36.3 Å². The van der Waals surface area contributed by atoms with E-state index in [9.17, 15) is 18.0 Å². The van der Waals surface area contributed by atoms with Crippen LogP contribution in [0.4, 0.5) is 19.1 Å². The fraction of sp³-hybridized carbons (Fsp3) is 0.250. The molecule has 2 N–H and O–H groups in total. The molecule has 0 aliphatic rings. The van der Waals surface area contributed by atoms with Crippen molar-refractivity contribution in [2.24, 2.45) is 0 Å². The van der Waals surface area contributed by atoms with E-state index in [1.807, 2.05) is 0 Å². The monoisotopic (exact) mass is 350 g/mol. The van der Waals surface area contributed by atoms with Gasteiger partial charge in [0.25, 0.3) is 0 Å². The molecular weight excluding hydrogens is 341 g/mol. The van der Waals surface area contributed by atoms with Crippen LogP contribution >= 0.6 is 23.4 Å². The number of carbonyl (C=O) groups is 1. The van der Waals surface area contributed by atoms with Crippen LogP contribution in [0.3, 0.4) is 0 Å². The molecule has 1 unspecified atom stereocenters. The Morgan fingerprint density at radius 1 is 1.36 bits per heavy atom. The summed E-state index contributed by atoms with van der Waals surface area (Å²) in [5.41, 5.74) is 0. The summed E-state index contributed by atoms with van der Waals surface area (Å²) in [6, 6.07) is 6.84. The molecule has 5 nitrogen and oxygen atoms in total. The second-order valence-corrected chi connectivity index (χ2v) is 6.06. The predicted octanol–water partition coefficient (Wildman–Crippen LogP) is 3.60. The second-order valence-electron chi connectivity index (χ2n) is 4.21. The van der Waals surface area contributed by atoms with Gasteiger partial charge < -0.3 is 0 Å². The summed E-state index contributed by atoms with van der Waals surface area (Å²) in [4.78, 5) is 15.9. The first-order valence-electron chi connectivity index (χ1n) is 5.98. The van der Waals surface area contributed by atoms with Crippen molar-refractivity contribution in [1.29, 1.82) is 0 Å². The van der Waals surface area contributed by atoms with Crippen LogP contribution in [0.1, 0.15) is 12.7 Å². The lowest BCUT2D eigenvalue weighted by molar-refractivity contribution is -0.144. The number of nitrogens with zero attached hydrogens (tertiary/aromatic N) is 2. The minimum Gasteiger partial charge on any atom is -0.292 e. The lowest BCUT2D eigenvalue weighted by atomic mass is 10.4. The largest absolute Gasteiger partial charge is 0.451 e. The highest BCUT2D eigenvalue weighted by Gasteiger charge is 2.35. The van der Waals surface area contributed by atoms with E-state index in [2.05, 4.69) is 15.4 Å². The van der Waals surface area contributed by atoms with E-state index in [0.717, 1.165) is 4.90 Å². The maximum absolute atomic E-state index is 12.4. The topological polar surface area (TPSA) is 70.7 Å². The zero-order valence-electron chi connectivity index (χ0n) is 11.1. The van der Waals surface area contributed by atoms with Crippen molar-refractivity contribution in [2.75, 3.05) is 5.32 Å². The highest BCUT2D eigenvalue weighted by atomic mass is 35.5. The van der Waals surface area contributed by atoms with Gasteiger partial charge in [-0.2, -0.15) is 18.2 Å². The Morgan fingerprint density at radius 3 is 2.55 bits per heavy atom. The van der Waals surface area contributed by atoms with Gasteiger partial charge in [0.2, 0.25) is 17.7 Å². The van der Waals surface area contributed by atoms with Crippen molar-refractivity contribution in [3.63, 3.8) is 0 Å². The summed E-state index contributed by atoms with van der Waals surface area (Å²) in [7, 11) is 0. The van der Waals surface area contributed by atoms with Gasteiger partial charge in [0.15, 0.2) is 0 Å². The Bertz CT molecular complexity index is 659. The number of aromatic amines is 1. The van der Waals surface area contributed by atoms with Gasteiger partial charge in [-0.1, -0.05) is 11.6 Å². The molecule has 0 saturated carbocycles. The molecule has 0 bridgehead atoms. The van der Waals surface area contributed by atoms with E-state index in [4.69, 9.17) is 11.6 Å². The van der Waals surface area contributed by atoms with Gasteiger partial charge >= 0.3 is 6.18 Å². The van der Waals surface area contributed by atoms with Crippen molar-refractivity contribution >= 4 is 35.2 Å². The number of hydrogen-bond donors (Lipinski definition) is 2. The number of benzene rings is 1. The van der Waals surface area contributed by atoms with Crippen LogP contribution < -0.4 is 5.32 Å². The molecule has 1 aromatic heterocycles. The molecule has 0 aliphatic heterocycles. The molecule has 1 atom stereocenters. The summed E-state index contributed by atoms with van der Waals surface area (Å²) < 4.78 is 37.1. The number of carbonyl (C=O) groups excluding carboxylic acids is 1. The lowest BCUT2D eigenvalue weighted by Gasteiger charge is -2.10. The normalized spacial score (nSPS) is 13.0. The molecule has 2 rings (SSSR count). The minimum absolute atomic E-state index is 0.416. The van der Waals surface area contributed by atoms with Crippen molar-refractivity contribution < 1.29 is 18.0 Å². The molecule has 118 valence electrons. The fourth-order valence-electron chi connectivity index (χ4n) is 1.43. The van der Waals surface area contributed by atoms with Gasteiger partial charge in [-0.15, -0.1) is 16.9 Å². The molecule has 1 amide bonds. The number of nitrogens with one attached hydrogen (secondary N) is 2. The summed E-state index contributed by atoms with van der Waals surface area (Å²) in [6.45, 7) is 1.62. The number of alkyl halides is 3. The smallest absolute Gasteiger partial charge is 0.292 e. The Labute approximate surface area is 132 Å². The van der Waals surface area contributed by atoms with Gasteiger partial charge in [-0.3, -0.25) is 15.2 Å². The molecular formula is C12H10ClF3N4OS. The highest BCUT2D eigenvalue weighted by Crippen LogP contribution is 2.27. The van der Waals surface area contributed by atoms with Crippen LogP contribution in [-0.4, -0.2) is 26.3 Å². The molecule has 10 heteroatoms. The molecule has 0 spiro atoms. The highest BCUT2D eigenvalue weighted by molar-refractivity contribution is 8.00. The number of amides is 1. The molecule has 0 fully saturated rings. The van der Waals surface area contributed by atoms with Gasteiger partial charge in [-0.05, 0) is 31.2 Å². The molecule has 1 aromatic carbocycles. The Morgan fingerprint density at radius 2 is 2.00 bits per heavy atom. The Balaban J connectivity index is 1.96. The van der Waals surface area contributed by atoms with Crippen LogP contribution in [-0.2, 0) is 11.0 Å². The number of H-pyrrole nitrogens is 1. The zero-order chi connectivity index (χ0) is 16.3.